The highest BCUT2D eigenvalue weighted by Gasteiger charge is 2.37. The van der Waals surface area contributed by atoms with Crippen LogP contribution in [0.15, 0.2) is 6.20 Å². The minimum atomic E-state index is -2.17. The molecule has 2 aromatic rings. The Kier molecular flexibility index (Phi) is 7.54. The number of rotatable bonds is 7. The first kappa shape index (κ1) is 24.4. The summed E-state index contributed by atoms with van der Waals surface area (Å²) < 4.78 is 13.2. The fourth-order valence-corrected chi connectivity index (χ4v) is 6.24. The SMILES string of the molecule is CC(C)(C)C1CCCN1c1nc(Cl)nn2c(C3CCC(COP(O)CP(O)O)O3)cnc12. The molecule has 13 heteroatoms. The molecule has 4 atom stereocenters. The summed E-state index contributed by atoms with van der Waals surface area (Å²) in [6.45, 7) is 7.81. The quantitative estimate of drug-likeness (QED) is 0.484. The van der Waals surface area contributed by atoms with Crippen LogP contribution in [0.25, 0.3) is 5.65 Å². The molecule has 0 amide bonds. The average molecular weight is 506 g/mol. The largest absolute Gasteiger partial charge is 0.366 e. The number of nitrogens with zero attached hydrogens (tertiary/aromatic N) is 5. The van der Waals surface area contributed by atoms with E-state index in [-0.39, 0.29) is 35.4 Å². The molecular weight excluding hydrogens is 476 g/mol. The normalized spacial score (nSPS) is 25.4. The summed E-state index contributed by atoms with van der Waals surface area (Å²) in [7, 11) is -4.04. The van der Waals surface area contributed by atoms with Crippen molar-refractivity contribution < 1.29 is 23.9 Å². The molecule has 2 aliphatic rings. The summed E-state index contributed by atoms with van der Waals surface area (Å²) in [5, 5.41) is 4.58. The number of halogens is 1. The van der Waals surface area contributed by atoms with Crippen LogP contribution >= 0.6 is 28.4 Å². The maximum absolute atomic E-state index is 9.75. The fraction of sp³-hybridized carbons (Fsp3) is 0.737. The van der Waals surface area contributed by atoms with Gasteiger partial charge >= 0.3 is 0 Å². The van der Waals surface area contributed by atoms with Gasteiger partial charge in [-0.05, 0) is 42.7 Å². The molecule has 4 rings (SSSR count). The number of imidazole rings is 1. The highest BCUT2D eigenvalue weighted by molar-refractivity contribution is 7.63. The van der Waals surface area contributed by atoms with Crippen LogP contribution in [0.4, 0.5) is 5.82 Å². The van der Waals surface area contributed by atoms with E-state index in [1.165, 1.54) is 0 Å². The van der Waals surface area contributed by atoms with E-state index in [0.717, 1.165) is 43.7 Å². The van der Waals surface area contributed by atoms with Gasteiger partial charge in [0.25, 0.3) is 0 Å². The van der Waals surface area contributed by atoms with Crippen molar-refractivity contribution in [3.05, 3.63) is 17.2 Å². The molecule has 2 aromatic heterocycles. The first-order valence-corrected chi connectivity index (χ1v) is 13.9. The zero-order valence-electron chi connectivity index (χ0n) is 18.4. The molecule has 178 valence electrons. The standard InChI is InChI=1S/C19H30ClN5O5P2/c1-19(2,3)15-5-4-8-24(15)17-16-21-9-13(25(16)23-18(20)22-17)14-7-6-12(30-14)10-29-32(28)11-31(26)27/h9,12,14-15,26-28H,4-8,10-11H2,1-3H3. The zero-order valence-corrected chi connectivity index (χ0v) is 21.0. The van der Waals surface area contributed by atoms with Crippen molar-refractivity contribution in [3.8, 4) is 0 Å². The fourth-order valence-electron chi connectivity index (χ4n) is 4.56. The molecule has 0 aromatic carbocycles. The molecule has 2 saturated heterocycles. The molecule has 10 nitrogen and oxygen atoms in total. The number of hydrogen-bond donors (Lipinski definition) is 3. The number of hydrogen-bond acceptors (Lipinski definition) is 9. The second-order valence-corrected chi connectivity index (χ2v) is 12.5. The Hall–Kier alpha value is -0.700. The summed E-state index contributed by atoms with van der Waals surface area (Å²) >= 11 is 6.33. The molecule has 0 aliphatic carbocycles. The van der Waals surface area contributed by atoms with Gasteiger partial charge in [-0.1, -0.05) is 20.8 Å². The molecule has 0 bridgehead atoms. The molecule has 4 heterocycles. The van der Waals surface area contributed by atoms with E-state index in [1.807, 2.05) is 0 Å². The smallest absolute Gasteiger partial charge is 0.243 e. The third kappa shape index (κ3) is 5.34. The monoisotopic (exact) mass is 505 g/mol. The van der Waals surface area contributed by atoms with Crippen molar-refractivity contribution in [3.63, 3.8) is 0 Å². The second kappa shape index (κ2) is 9.88. The van der Waals surface area contributed by atoms with E-state index in [4.69, 9.17) is 30.6 Å². The predicted molar refractivity (Wildman–Crippen MR) is 124 cm³/mol. The number of ether oxygens (including phenoxy) is 1. The first-order valence-electron chi connectivity index (χ1n) is 10.7. The molecule has 0 saturated carbocycles. The Morgan fingerprint density at radius 3 is 2.75 bits per heavy atom. The van der Waals surface area contributed by atoms with E-state index >= 15 is 0 Å². The minimum absolute atomic E-state index is 0.0987. The Labute approximate surface area is 194 Å². The summed E-state index contributed by atoms with van der Waals surface area (Å²) in [5.74, 6) is 0.611. The molecule has 0 spiro atoms. The van der Waals surface area contributed by atoms with Crippen molar-refractivity contribution in [2.45, 2.75) is 64.7 Å². The van der Waals surface area contributed by atoms with Crippen LogP contribution in [0.5, 0.6) is 0 Å². The van der Waals surface area contributed by atoms with E-state index in [0.29, 0.717) is 11.7 Å². The van der Waals surface area contributed by atoms with Crippen molar-refractivity contribution >= 4 is 39.8 Å². The highest BCUT2D eigenvalue weighted by Crippen LogP contribution is 2.45. The second-order valence-electron chi connectivity index (χ2n) is 9.33. The molecule has 2 fully saturated rings. The van der Waals surface area contributed by atoms with Crippen LogP contribution in [0.1, 0.15) is 58.3 Å². The summed E-state index contributed by atoms with van der Waals surface area (Å²) in [6.07, 6.45) is 5.03. The lowest BCUT2D eigenvalue weighted by Crippen LogP contribution is -2.40. The number of aromatic nitrogens is 4. The summed E-state index contributed by atoms with van der Waals surface area (Å²) in [6, 6.07) is 0.342. The van der Waals surface area contributed by atoms with Gasteiger partial charge < -0.3 is 28.8 Å². The van der Waals surface area contributed by atoms with Crippen LogP contribution in [0, 0.1) is 5.41 Å². The lowest BCUT2D eigenvalue weighted by Gasteiger charge is -2.35. The molecular formula is C19H30ClN5O5P2. The van der Waals surface area contributed by atoms with Gasteiger partial charge in [0.05, 0.1) is 30.5 Å². The van der Waals surface area contributed by atoms with Crippen molar-refractivity contribution in [2.24, 2.45) is 5.41 Å². The first-order chi connectivity index (χ1) is 15.1. The third-order valence-electron chi connectivity index (χ3n) is 5.96. The maximum atomic E-state index is 9.75. The molecule has 4 unspecified atom stereocenters. The van der Waals surface area contributed by atoms with Crippen molar-refractivity contribution in [1.29, 1.82) is 0 Å². The van der Waals surface area contributed by atoms with Gasteiger partial charge in [-0.3, -0.25) is 0 Å². The van der Waals surface area contributed by atoms with Gasteiger partial charge in [0.2, 0.25) is 5.28 Å². The summed E-state index contributed by atoms with van der Waals surface area (Å²) in [5.41, 5.74) is 1.57. The lowest BCUT2D eigenvalue weighted by atomic mass is 9.85. The van der Waals surface area contributed by atoms with Gasteiger partial charge in [0.1, 0.15) is 6.10 Å². The molecule has 3 N–H and O–H groups in total. The van der Waals surface area contributed by atoms with Crippen molar-refractivity contribution in [2.75, 3.05) is 24.0 Å². The summed E-state index contributed by atoms with van der Waals surface area (Å²) in [4.78, 5) is 39.2. The number of fused-ring (bicyclic) bond motifs is 1. The van der Waals surface area contributed by atoms with Crippen LogP contribution in [0.2, 0.25) is 5.28 Å². The van der Waals surface area contributed by atoms with Crippen LogP contribution in [-0.4, -0.2) is 65.5 Å². The predicted octanol–water partition coefficient (Wildman–Crippen LogP) is 3.59. The van der Waals surface area contributed by atoms with E-state index in [9.17, 15) is 4.89 Å². The Morgan fingerprint density at radius 2 is 2.03 bits per heavy atom. The zero-order chi connectivity index (χ0) is 23.0. The number of anilines is 1. The Balaban J connectivity index is 1.52. The molecule has 0 radical (unpaired) electrons. The van der Waals surface area contributed by atoms with E-state index in [1.54, 1.807) is 10.7 Å². The topological polar surface area (TPSA) is 125 Å². The molecule has 2 aliphatic heterocycles. The highest BCUT2D eigenvalue weighted by atomic mass is 35.5. The van der Waals surface area contributed by atoms with Gasteiger partial charge in [0, 0.05) is 12.6 Å². The van der Waals surface area contributed by atoms with Crippen molar-refractivity contribution in [1.82, 2.24) is 19.6 Å². The average Bonchev–Trinajstić information content (AvgIpc) is 3.43. The minimum Gasteiger partial charge on any atom is -0.366 e. The molecule has 32 heavy (non-hydrogen) atoms. The van der Waals surface area contributed by atoms with Gasteiger partial charge in [-0.2, -0.15) is 4.98 Å². The third-order valence-corrected chi connectivity index (χ3v) is 8.55. The van der Waals surface area contributed by atoms with Gasteiger partial charge in [-0.25, -0.2) is 9.50 Å². The van der Waals surface area contributed by atoms with E-state index < -0.39 is 16.8 Å². The Bertz CT molecular complexity index is 943. The van der Waals surface area contributed by atoms with Crippen LogP contribution in [-0.2, 0) is 9.26 Å². The maximum Gasteiger partial charge on any atom is 0.243 e. The van der Waals surface area contributed by atoms with Crippen LogP contribution < -0.4 is 4.90 Å². The lowest BCUT2D eigenvalue weighted by molar-refractivity contribution is 0.0151. The Morgan fingerprint density at radius 1 is 1.25 bits per heavy atom. The van der Waals surface area contributed by atoms with Crippen LogP contribution in [0.3, 0.4) is 0 Å². The van der Waals surface area contributed by atoms with Gasteiger partial charge in [0.15, 0.2) is 28.2 Å². The van der Waals surface area contributed by atoms with Gasteiger partial charge in [-0.15, -0.1) is 5.10 Å². The van der Waals surface area contributed by atoms with E-state index in [2.05, 4.69) is 40.7 Å².